The van der Waals surface area contributed by atoms with Gasteiger partial charge in [-0.05, 0) is 97.7 Å². The molecule has 1 N–H and O–H groups in total. The van der Waals surface area contributed by atoms with E-state index >= 15 is 0 Å². The molecule has 3 atom stereocenters. The first kappa shape index (κ1) is 29.0. The Morgan fingerprint density at radius 3 is 2.11 bits per heavy atom. The molecule has 0 heterocycles. The van der Waals surface area contributed by atoms with Crippen molar-refractivity contribution in [1.29, 1.82) is 0 Å². The van der Waals surface area contributed by atoms with Gasteiger partial charge in [-0.3, -0.25) is 0 Å². The van der Waals surface area contributed by atoms with E-state index in [4.69, 9.17) is 0 Å². The van der Waals surface area contributed by atoms with Crippen molar-refractivity contribution in [2.75, 3.05) is 11.5 Å². The molecule has 2 nitrogen and oxygen atoms in total. The lowest BCUT2D eigenvalue weighted by Crippen LogP contribution is -2.19. The van der Waals surface area contributed by atoms with E-state index in [-0.39, 0.29) is 5.82 Å². The molecule has 0 bridgehead atoms. The van der Waals surface area contributed by atoms with Gasteiger partial charge in [-0.25, -0.2) is 4.39 Å². The lowest BCUT2D eigenvalue weighted by Gasteiger charge is -2.34. The van der Waals surface area contributed by atoms with E-state index in [2.05, 4.69) is 13.0 Å². The van der Waals surface area contributed by atoms with Gasteiger partial charge >= 0.3 is 0 Å². The summed E-state index contributed by atoms with van der Waals surface area (Å²) in [6.45, 7) is 2.21. The molecule has 1 aliphatic rings. The molecule has 0 spiro atoms. The standard InChI is InChI=1S/C32H47FO2S/c1-2-3-4-12-23-36(35)24-13-10-8-6-5-7-9-11-14-32-30(26-15-18-28(33)19-16-26)21-17-27-25-29(34)20-22-31(27)32/h15-16,18-20,22,25,30,32,34H,2-14,17,21,23-24H2,1H3. The molecule has 2 aromatic rings. The van der Waals surface area contributed by atoms with Crippen LogP contribution in [-0.4, -0.2) is 21.2 Å². The highest BCUT2D eigenvalue weighted by molar-refractivity contribution is 7.91. The monoisotopic (exact) mass is 514 g/mol. The zero-order valence-electron chi connectivity index (χ0n) is 22.4. The highest BCUT2D eigenvalue weighted by Crippen LogP contribution is 2.46. The van der Waals surface area contributed by atoms with Gasteiger partial charge in [-0.15, -0.1) is 0 Å². The highest BCUT2D eigenvalue weighted by atomic mass is 32.2. The van der Waals surface area contributed by atoms with Crippen LogP contribution in [0.1, 0.15) is 125 Å². The van der Waals surface area contributed by atoms with Gasteiger partial charge < -0.3 is 9.66 Å². The highest BCUT2D eigenvalue weighted by Gasteiger charge is 2.30. The number of unbranched alkanes of at least 4 members (excludes halogenated alkanes) is 10. The van der Waals surface area contributed by atoms with Gasteiger partial charge in [0.1, 0.15) is 23.1 Å². The molecule has 4 heteroatoms. The average Bonchev–Trinajstić information content (AvgIpc) is 2.88. The van der Waals surface area contributed by atoms with Crippen molar-refractivity contribution in [2.24, 2.45) is 0 Å². The van der Waals surface area contributed by atoms with Crippen LogP contribution in [0.25, 0.3) is 0 Å². The number of hydrogen-bond donors (Lipinski definition) is 1. The Balaban J connectivity index is 1.34. The molecule has 0 saturated carbocycles. The van der Waals surface area contributed by atoms with Crippen LogP contribution < -0.4 is 0 Å². The molecule has 0 saturated heterocycles. The minimum absolute atomic E-state index is 0.174. The Kier molecular flexibility index (Phi) is 13.2. The Labute approximate surface area is 222 Å². The van der Waals surface area contributed by atoms with Crippen LogP contribution in [0.4, 0.5) is 4.39 Å². The number of fused-ring (bicyclic) bond motifs is 1. The largest absolute Gasteiger partial charge is 0.616 e. The number of hydrogen-bond acceptors (Lipinski definition) is 2. The average molecular weight is 515 g/mol. The molecular formula is C32H47FO2S. The third kappa shape index (κ3) is 9.74. The van der Waals surface area contributed by atoms with Crippen LogP contribution in [0.5, 0.6) is 5.75 Å². The minimum atomic E-state index is -0.605. The van der Waals surface area contributed by atoms with Crippen molar-refractivity contribution in [3.63, 3.8) is 0 Å². The second-order valence-electron chi connectivity index (χ2n) is 10.7. The van der Waals surface area contributed by atoms with Gasteiger partial charge in [0.2, 0.25) is 0 Å². The van der Waals surface area contributed by atoms with Crippen molar-refractivity contribution < 1.29 is 14.0 Å². The van der Waals surface area contributed by atoms with Crippen LogP contribution in [0.15, 0.2) is 42.5 Å². The van der Waals surface area contributed by atoms with Crippen molar-refractivity contribution in [3.05, 3.63) is 65.0 Å². The number of benzene rings is 2. The van der Waals surface area contributed by atoms with Gasteiger partial charge in [-0.2, -0.15) is 0 Å². The summed E-state index contributed by atoms with van der Waals surface area (Å²) in [6, 6.07) is 13.0. The summed E-state index contributed by atoms with van der Waals surface area (Å²) in [7, 11) is 0. The maximum atomic E-state index is 13.5. The molecular weight excluding hydrogens is 467 g/mol. The Morgan fingerprint density at radius 2 is 1.44 bits per heavy atom. The van der Waals surface area contributed by atoms with E-state index in [0.29, 0.717) is 17.6 Å². The predicted octanol–water partition coefficient (Wildman–Crippen LogP) is 9.18. The van der Waals surface area contributed by atoms with Crippen molar-refractivity contribution in [2.45, 2.75) is 115 Å². The third-order valence-electron chi connectivity index (χ3n) is 7.90. The molecule has 0 fully saturated rings. The summed E-state index contributed by atoms with van der Waals surface area (Å²) in [6.07, 6.45) is 17.9. The molecule has 0 amide bonds. The van der Waals surface area contributed by atoms with E-state index < -0.39 is 11.2 Å². The van der Waals surface area contributed by atoms with Gasteiger partial charge in [0, 0.05) is 0 Å². The van der Waals surface area contributed by atoms with E-state index in [1.165, 1.54) is 80.9 Å². The normalized spacial score (nSPS) is 18.2. The van der Waals surface area contributed by atoms with Crippen LogP contribution in [0.2, 0.25) is 0 Å². The molecule has 0 aliphatic heterocycles. The smallest absolute Gasteiger partial charge is 0.123 e. The molecule has 3 rings (SSSR count). The predicted molar refractivity (Wildman–Crippen MR) is 152 cm³/mol. The number of halogens is 1. The lowest BCUT2D eigenvalue weighted by molar-refractivity contribution is 0.424. The van der Waals surface area contributed by atoms with E-state index in [0.717, 1.165) is 43.6 Å². The van der Waals surface area contributed by atoms with Crippen LogP contribution >= 0.6 is 0 Å². The summed E-state index contributed by atoms with van der Waals surface area (Å²) >= 11 is -0.605. The van der Waals surface area contributed by atoms with E-state index in [1.54, 1.807) is 12.1 Å². The lowest BCUT2D eigenvalue weighted by atomic mass is 9.70. The van der Waals surface area contributed by atoms with Crippen LogP contribution in [-0.2, 0) is 17.6 Å². The topological polar surface area (TPSA) is 43.3 Å². The summed E-state index contributed by atoms with van der Waals surface area (Å²) in [5.74, 6) is 2.82. The molecule has 1 aliphatic carbocycles. The number of aryl methyl sites for hydroxylation is 1. The minimum Gasteiger partial charge on any atom is -0.616 e. The second kappa shape index (κ2) is 16.3. The molecule has 0 radical (unpaired) electrons. The summed E-state index contributed by atoms with van der Waals surface area (Å²) in [4.78, 5) is 0. The third-order valence-corrected chi connectivity index (χ3v) is 9.39. The van der Waals surface area contributed by atoms with Crippen LogP contribution in [0, 0.1) is 5.82 Å². The zero-order chi connectivity index (χ0) is 25.6. The van der Waals surface area contributed by atoms with Crippen molar-refractivity contribution in [3.8, 4) is 5.75 Å². The fourth-order valence-electron chi connectivity index (χ4n) is 5.84. The molecule has 200 valence electrons. The number of phenols is 1. The maximum absolute atomic E-state index is 13.5. The Morgan fingerprint density at radius 1 is 0.833 bits per heavy atom. The van der Waals surface area contributed by atoms with E-state index in [1.807, 2.05) is 24.3 Å². The molecule has 36 heavy (non-hydrogen) atoms. The fraction of sp³-hybridized carbons (Fsp3) is 0.625. The molecule has 3 unspecified atom stereocenters. The first-order valence-electron chi connectivity index (χ1n) is 14.5. The number of phenolic OH excluding ortho intramolecular Hbond substituents is 1. The quantitative estimate of drug-likeness (QED) is 0.169. The van der Waals surface area contributed by atoms with Crippen LogP contribution in [0.3, 0.4) is 0 Å². The first-order valence-corrected chi connectivity index (χ1v) is 16.0. The SMILES string of the molecule is CCCCCC[S+]([O-])CCCCCCCCCCC1c2ccc(O)cc2CCC1c1ccc(F)cc1. The van der Waals surface area contributed by atoms with Gasteiger partial charge in [0.25, 0.3) is 0 Å². The van der Waals surface area contributed by atoms with Gasteiger partial charge in [-0.1, -0.05) is 87.7 Å². The van der Waals surface area contributed by atoms with Crippen molar-refractivity contribution >= 4 is 11.2 Å². The molecule has 0 aromatic heterocycles. The zero-order valence-corrected chi connectivity index (χ0v) is 23.2. The summed E-state index contributed by atoms with van der Waals surface area (Å²) in [5, 5.41) is 9.96. The maximum Gasteiger partial charge on any atom is 0.123 e. The number of aromatic hydroxyl groups is 1. The van der Waals surface area contributed by atoms with E-state index in [9.17, 15) is 14.0 Å². The number of rotatable bonds is 17. The second-order valence-corrected chi connectivity index (χ2v) is 12.4. The molecule has 2 aromatic carbocycles. The Bertz CT molecular complexity index is 869. The Hall–Kier alpha value is -1.52. The van der Waals surface area contributed by atoms with Gasteiger partial charge in [0.15, 0.2) is 0 Å². The first-order chi connectivity index (χ1) is 17.6. The fourth-order valence-corrected chi connectivity index (χ4v) is 7.10. The summed E-state index contributed by atoms with van der Waals surface area (Å²) in [5.41, 5.74) is 3.89. The van der Waals surface area contributed by atoms with Crippen molar-refractivity contribution in [1.82, 2.24) is 0 Å². The summed E-state index contributed by atoms with van der Waals surface area (Å²) < 4.78 is 25.6. The van der Waals surface area contributed by atoms with Gasteiger partial charge in [0.05, 0.1) is 0 Å².